The molecule has 3 heterocycles. The molecule has 2 aromatic heterocycles. The Morgan fingerprint density at radius 2 is 1.94 bits per heavy atom. The molecule has 10 heteroatoms. The molecule has 182 valence electrons. The smallest absolute Gasteiger partial charge is 0.305 e. The highest BCUT2D eigenvalue weighted by atomic mass is 16.6. The molecular formula is C23H35N5O5. The average molecular weight is 462 g/mol. The fourth-order valence-corrected chi connectivity index (χ4v) is 4.62. The van der Waals surface area contributed by atoms with Crippen LogP contribution in [0.1, 0.15) is 77.4 Å². The van der Waals surface area contributed by atoms with Gasteiger partial charge in [-0.15, -0.1) is 0 Å². The molecule has 4 rings (SSSR count). The van der Waals surface area contributed by atoms with Gasteiger partial charge >= 0.3 is 5.97 Å². The second-order valence-corrected chi connectivity index (χ2v) is 9.07. The van der Waals surface area contributed by atoms with Crippen LogP contribution in [0, 0.1) is 0 Å². The summed E-state index contributed by atoms with van der Waals surface area (Å²) in [5, 5.41) is 24.5. The zero-order valence-corrected chi connectivity index (χ0v) is 19.2. The van der Waals surface area contributed by atoms with Crippen LogP contribution in [0.2, 0.25) is 0 Å². The number of nitrogens with one attached hydrogen (secondary N) is 1. The standard InChI is InChI=1S/C23H35N5O5/c1-2-3-4-5-6-11-17(29)32-12-16-19(30)20(31)23(33-16)28-14-26-18-21(24-13-25-22(18)28)27-15-9-7-8-10-15/h13-16,19-20,23,30-31H,2-12H2,1H3,(H,24,25,27)/t16-,19?,20?,23-/m1/s1. The quantitative estimate of drug-likeness (QED) is 0.341. The summed E-state index contributed by atoms with van der Waals surface area (Å²) >= 11 is 0. The van der Waals surface area contributed by atoms with Crippen molar-refractivity contribution in [2.45, 2.75) is 102 Å². The molecule has 0 radical (unpaired) electrons. The van der Waals surface area contributed by atoms with Crippen LogP contribution in [-0.2, 0) is 14.3 Å². The summed E-state index contributed by atoms with van der Waals surface area (Å²) in [6.45, 7) is 2.04. The second-order valence-electron chi connectivity index (χ2n) is 9.07. The normalized spacial score (nSPS) is 25.7. The predicted octanol–water partition coefficient (Wildman–Crippen LogP) is 2.70. The molecule has 1 saturated carbocycles. The van der Waals surface area contributed by atoms with E-state index in [0.29, 0.717) is 29.4 Å². The molecule has 1 aliphatic carbocycles. The third-order valence-electron chi connectivity index (χ3n) is 6.56. The molecule has 10 nitrogen and oxygen atoms in total. The van der Waals surface area contributed by atoms with Gasteiger partial charge < -0.3 is 25.0 Å². The number of ether oxygens (including phenoxy) is 2. The Balaban J connectivity index is 1.36. The minimum Gasteiger partial charge on any atom is -0.463 e. The summed E-state index contributed by atoms with van der Waals surface area (Å²) in [4.78, 5) is 25.1. The van der Waals surface area contributed by atoms with Crippen LogP contribution in [0.5, 0.6) is 0 Å². The Kier molecular flexibility index (Phi) is 8.11. The maximum absolute atomic E-state index is 12.0. The molecule has 2 unspecified atom stereocenters. The number of imidazole rings is 1. The third-order valence-corrected chi connectivity index (χ3v) is 6.56. The predicted molar refractivity (Wildman–Crippen MR) is 121 cm³/mol. The van der Waals surface area contributed by atoms with Crippen molar-refractivity contribution in [3.63, 3.8) is 0 Å². The fourth-order valence-electron chi connectivity index (χ4n) is 4.62. The molecule has 0 bridgehead atoms. The number of hydrogen-bond donors (Lipinski definition) is 3. The number of rotatable bonds is 11. The Hall–Kier alpha value is -2.30. The highest BCUT2D eigenvalue weighted by Gasteiger charge is 2.45. The number of fused-ring (bicyclic) bond motifs is 1. The molecule has 0 amide bonds. The van der Waals surface area contributed by atoms with Crippen LogP contribution in [0.3, 0.4) is 0 Å². The third kappa shape index (κ3) is 5.62. The van der Waals surface area contributed by atoms with Gasteiger partial charge in [0, 0.05) is 12.5 Å². The van der Waals surface area contributed by atoms with Crippen molar-refractivity contribution in [3.05, 3.63) is 12.7 Å². The monoisotopic (exact) mass is 461 g/mol. The topological polar surface area (TPSA) is 132 Å². The van der Waals surface area contributed by atoms with Gasteiger partial charge in [-0.2, -0.15) is 0 Å². The van der Waals surface area contributed by atoms with Crippen molar-refractivity contribution in [2.24, 2.45) is 0 Å². The van der Waals surface area contributed by atoms with E-state index in [-0.39, 0.29) is 12.6 Å². The molecule has 0 spiro atoms. The van der Waals surface area contributed by atoms with Crippen LogP contribution in [0.4, 0.5) is 5.82 Å². The maximum Gasteiger partial charge on any atom is 0.305 e. The van der Waals surface area contributed by atoms with Gasteiger partial charge in [0.15, 0.2) is 23.2 Å². The summed E-state index contributed by atoms with van der Waals surface area (Å²) < 4.78 is 12.8. The van der Waals surface area contributed by atoms with E-state index in [2.05, 4.69) is 27.2 Å². The van der Waals surface area contributed by atoms with E-state index in [4.69, 9.17) is 9.47 Å². The number of carbonyl (C=O) groups is 1. The molecule has 1 aliphatic heterocycles. The van der Waals surface area contributed by atoms with Gasteiger partial charge in [0.1, 0.15) is 31.2 Å². The number of carbonyl (C=O) groups excluding carboxylic acids is 1. The minimum absolute atomic E-state index is 0.112. The van der Waals surface area contributed by atoms with Gasteiger partial charge in [-0.3, -0.25) is 9.36 Å². The van der Waals surface area contributed by atoms with Gasteiger partial charge in [-0.25, -0.2) is 15.0 Å². The number of esters is 1. The van der Waals surface area contributed by atoms with Gasteiger partial charge in [-0.05, 0) is 19.3 Å². The SMILES string of the molecule is CCCCCCCC(=O)OC[C@H]1O[C@@H](n2cnc3c(NC4CCCC4)ncnc32)C(O)C1O. The highest BCUT2D eigenvalue weighted by Crippen LogP contribution is 2.33. The van der Waals surface area contributed by atoms with Crippen molar-refractivity contribution < 1.29 is 24.5 Å². The summed E-state index contributed by atoms with van der Waals surface area (Å²) in [5.41, 5.74) is 1.10. The van der Waals surface area contributed by atoms with Gasteiger partial charge in [0.2, 0.25) is 0 Å². The largest absolute Gasteiger partial charge is 0.463 e. The lowest BCUT2D eigenvalue weighted by molar-refractivity contribution is -0.150. The number of aromatic nitrogens is 4. The number of hydrogen-bond acceptors (Lipinski definition) is 9. The van der Waals surface area contributed by atoms with Crippen molar-refractivity contribution >= 4 is 23.0 Å². The Morgan fingerprint density at radius 3 is 2.73 bits per heavy atom. The van der Waals surface area contributed by atoms with Crippen molar-refractivity contribution in [2.75, 3.05) is 11.9 Å². The van der Waals surface area contributed by atoms with Crippen LogP contribution < -0.4 is 5.32 Å². The summed E-state index contributed by atoms with van der Waals surface area (Å²) in [7, 11) is 0. The molecule has 33 heavy (non-hydrogen) atoms. The molecule has 3 N–H and O–H groups in total. The minimum atomic E-state index is -1.21. The summed E-state index contributed by atoms with van der Waals surface area (Å²) in [6.07, 6.45) is 9.03. The van der Waals surface area contributed by atoms with Crippen LogP contribution in [0.25, 0.3) is 11.2 Å². The van der Waals surface area contributed by atoms with Crippen molar-refractivity contribution in [3.8, 4) is 0 Å². The molecular weight excluding hydrogens is 426 g/mol. The molecule has 2 fully saturated rings. The van der Waals surface area contributed by atoms with Gasteiger partial charge in [0.05, 0.1) is 6.33 Å². The first-order valence-corrected chi connectivity index (χ1v) is 12.2. The number of aliphatic hydroxyl groups excluding tert-OH is 2. The molecule has 0 aromatic carbocycles. The number of unbranched alkanes of at least 4 members (excludes halogenated alkanes) is 4. The average Bonchev–Trinajstić information content (AvgIpc) is 3.54. The summed E-state index contributed by atoms with van der Waals surface area (Å²) in [5.74, 6) is 0.340. The van der Waals surface area contributed by atoms with Gasteiger partial charge in [0.25, 0.3) is 0 Å². The highest BCUT2D eigenvalue weighted by molar-refractivity contribution is 5.82. The van der Waals surface area contributed by atoms with Gasteiger partial charge in [-0.1, -0.05) is 45.4 Å². The van der Waals surface area contributed by atoms with Crippen LogP contribution in [-0.4, -0.2) is 66.7 Å². The van der Waals surface area contributed by atoms with Crippen molar-refractivity contribution in [1.29, 1.82) is 0 Å². The van der Waals surface area contributed by atoms with E-state index in [1.54, 1.807) is 4.57 Å². The first-order valence-electron chi connectivity index (χ1n) is 12.2. The fraction of sp³-hybridized carbons (Fsp3) is 0.739. The lowest BCUT2D eigenvalue weighted by Gasteiger charge is -2.17. The van der Waals surface area contributed by atoms with E-state index in [1.165, 1.54) is 31.9 Å². The lowest BCUT2D eigenvalue weighted by Crippen LogP contribution is -2.34. The Labute approximate surface area is 193 Å². The lowest BCUT2D eigenvalue weighted by atomic mass is 10.1. The first-order chi connectivity index (χ1) is 16.1. The number of anilines is 1. The zero-order chi connectivity index (χ0) is 23.2. The zero-order valence-electron chi connectivity index (χ0n) is 19.2. The Bertz CT molecular complexity index is 916. The Morgan fingerprint density at radius 1 is 1.15 bits per heavy atom. The maximum atomic E-state index is 12.0. The molecule has 4 atom stereocenters. The molecule has 2 aliphatic rings. The number of nitrogens with zero attached hydrogens (tertiary/aromatic N) is 4. The van der Waals surface area contributed by atoms with E-state index in [0.717, 1.165) is 38.5 Å². The van der Waals surface area contributed by atoms with E-state index >= 15 is 0 Å². The van der Waals surface area contributed by atoms with Crippen LogP contribution in [0.15, 0.2) is 12.7 Å². The number of aliphatic hydroxyl groups is 2. The van der Waals surface area contributed by atoms with Crippen LogP contribution >= 0.6 is 0 Å². The molecule has 1 saturated heterocycles. The second kappa shape index (κ2) is 11.2. The molecule has 2 aromatic rings. The van der Waals surface area contributed by atoms with E-state index in [9.17, 15) is 15.0 Å². The van der Waals surface area contributed by atoms with E-state index in [1.807, 2.05) is 0 Å². The summed E-state index contributed by atoms with van der Waals surface area (Å²) in [6, 6.07) is 0.370. The van der Waals surface area contributed by atoms with E-state index < -0.39 is 24.5 Å². The first kappa shape index (κ1) is 23.8. The van der Waals surface area contributed by atoms with Crippen molar-refractivity contribution in [1.82, 2.24) is 19.5 Å².